The highest BCUT2D eigenvalue weighted by atomic mass is 35.5. The van der Waals surface area contributed by atoms with E-state index in [0.717, 1.165) is 11.1 Å². The van der Waals surface area contributed by atoms with Crippen molar-refractivity contribution >= 4 is 29.3 Å². The molecule has 0 radical (unpaired) electrons. The summed E-state index contributed by atoms with van der Waals surface area (Å²) in [6, 6.07) is 9.35. The van der Waals surface area contributed by atoms with E-state index in [-0.39, 0.29) is 12.5 Å². The number of rotatable bonds is 5. The molecule has 2 aromatic rings. The van der Waals surface area contributed by atoms with E-state index in [0.29, 0.717) is 35.2 Å². The minimum absolute atomic E-state index is 0.212. The van der Waals surface area contributed by atoms with Gasteiger partial charge >= 0.3 is 12.0 Å². The van der Waals surface area contributed by atoms with Crippen LogP contribution in [-0.4, -0.2) is 42.8 Å². The number of nitrogens with zero attached hydrogens (tertiary/aromatic N) is 1. The van der Waals surface area contributed by atoms with Gasteiger partial charge in [0.15, 0.2) is 11.5 Å². The summed E-state index contributed by atoms with van der Waals surface area (Å²) in [5.74, 6) is 0.0860. The van der Waals surface area contributed by atoms with Crippen molar-refractivity contribution in [3.63, 3.8) is 0 Å². The molecule has 0 saturated carbocycles. The number of ether oxygens (including phenoxy) is 2. The molecule has 7 nitrogen and oxygen atoms in total. The van der Waals surface area contributed by atoms with Crippen LogP contribution < -0.4 is 14.8 Å². The smallest absolute Gasteiger partial charge is 0.322 e. The fraction of sp³-hybridized carbons (Fsp3) is 0.300. The highest BCUT2D eigenvalue weighted by Crippen LogP contribution is 2.39. The van der Waals surface area contributed by atoms with Crippen molar-refractivity contribution in [1.29, 1.82) is 0 Å². The average Bonchev–Trinajstić information content (AvgIpc) is 2.68. The Bertz CT molecular complexity index is 885. The number of urea groups is 1. The van der Waals surface area contributed by atoms with Crippen molar-refractivity contribution in [1.82, 2.24) is 4.90 Å². The zero-order chi connectivity index (χ0) is 20.3. The molecule has 1 aliphatic rings. The lowest BCUT2D eigenvalue weighted by atomic mass is 9.90. The number of halogens is 1. The highest BCUT2D eigenvalue weighted by Gasteiger charge is 2.33. The van der Waals surface area contributed by atoms with Gasteiger partial charge in [-0.2, -0.15) is 0 Å². The van der Waals surface area contributed by atoms with Crippen molar-refractivity contribution in [3.05, 3.63) is 52.5 Å². The quantitative estimate of drug-likeness (QED) is 0.787. The topological polar surface area (TPSA) is 88.1 Å². The maximum absolute atomic E-state index is 12.9. The second-order valence-corrected chi connectivity index (χ2v) is 6.84. The number of carbonyl (C=O) groups excluding carboxylic acids is 1. The number of hydrogen-bond donors (Lipinski definition) is 2. The van der Waals surface area contributed by atoms with Crippen LogP contribution in [0, 0.1) is 0 Å². The lowest BCUT2D eigenvalue weighted by molar-refractivity contribution is -0.138. The summed E-state index contributed by atoms with van der Waals surface area (Å²) in [6.45, 7) is 0.389. The number of nitrogens with one attached hydrogen (secondary N) is 1. The number of carbonyl (C=O) groups is 2. The molecule has 2 N–H and O–H groups in total. The summed E-state index contributed by atoms with van der Waals surface area (Å²) in [5, 5.41) is 12.8. The Balaban J connectivity index is 1.92. The fourth-order valence-electron chi connectivity index (χ4n) is 3.39. The maximum Gasteiger partial charge on any atom is 0.322 e. The Kier molecular flexibility index (Phi) is 5.94. The minimum atomic E-state index is -0.989. The SMILES string of the molecule is COc1cc2c(cc1OC)[C@@H](CC(=O)O)N(C(=O)Nc1ccc(Cl)cc1)CC2. The Morgan fingerprint density at radius 3 is 2.43 bits per heavy atom. The van der Waals surface area contributed by atoms with Gasteiger partial charge in [-0.1, -0.05) is 11.6 Å². The molecule has 1 heterocycles. The van der Waals surface area contributed by atoms with Gasteiger partial charge in [0.1, 0.15) is 0 Å². The van der Waals surface area contributed by atoms with Gasteiger partial charge in [-0.3, -0.25) is 4.79 Å². The molecule has 3 rings (SSSR count). The van der Waals surface area contributed by atoms with Crippen LogP contribution >= 0.6 is 11.6 Å². The molecule has 0 aliphatic carbocycles. The van der Waals surface area contributed by atoms with E-state index in [1.165, 1.54) is 12.0 Å². The fourth-order valence-corrected chi connectivity index (χ4v) is 3.51. The molecular formula is C20H21ClN2O5. The number of carboxylic acid groups (broad SMARTS) is 1. The van der Waals surface area contributed by atoms with Gasteiger partial charge in [0, 0.05) is 17.3 Å². The monoisotopic (exact) mass is 404 g/mol. The Hall–Kier alpha value is -2.93. The average molecular weight is 405 g/mol. The van der Waals surface area contributed by atoms with E-state index in [4.69, 9.17) is 21.1 Å². The summed E-state index contributed by atoms with van der Waals surface area (Å²) in [5.41, 5.74) is 2.28. The van der Waals surface area contributed by atoms with Gasteiger partial charge < -0.3 is 24.8 Å². The van der Waals surface area contributed by atoms with E-state index >= 15 is 0 Å². The molecule has 0 unspecified atom stereocenters. The molecule has 0 spiro atoms. The van der Waals surface area contributed by atoms with Crippen LogP contribution in [0.3, 0.4) is 0 Å². The van der Waals surface area contributed by atoms with E-state index < -0.39 is 12.0 Å². The van der Waals surface area contributed by atoms with Crippen LogP contribution in [0.5, 0.6) is 11.5 Å². The van der Waals surface area contributed by atoms with Gasteiger partial charge in [0.05, 0.1) is 26.7 Å². The number of amides is 2. The summed E-state index contributed by atoms with van der Waals surface area (Å²) < 4.78 is 10.7. The molecular weight excluding hydrogens is 384 g/mol. The number of methoxy groups -OCH3 is 2. The van der Waals surface area contributed by atoms with Crippen LogP contribution in [0.1, 0.15) is 23.6 Å². The summed E-state index contributed by atoms with van der Waals surface area (Å²) >= 11 is 5.88. The van der Waals surface area contributed by atoms with Gasteiger partial charge in [-0.25, -0.2) is 4.79 Å². The van der Waals surface area contributed by atoms with Crippen molar-refractivity contribution in [2.75, 3.05) is 26.1 Å². The van der Waals surface area contributed by atoms with Crippen LogP contribution in [0.15, 0.2) is 36.4 Å². The predicted molar refractivity (Wildman–Crippen MR) is 105 cm³/mol. The number of hydrogen-bond acceptors (Lipinski definition) is 4. The Labute approximate surface area is 167 Å². The number of anilines is 1. The van der Waals surface area contributed by atoms with Crippen molar-refractivity contribution in [3.8, 4) is 11.5 Å². The van der Waals surface area contributed by atoms with Crippen molar-refractivity contribution in [2.45, 2.75) is 18.9 Å². The zero-order valence-electron chi connectivity index (χ0n) is 15.6. The summed E-state index contributed by atoms with van der Waals surface area (Å²) in [7, 11) is 3.07. The van der Waals surface area contributed by atoms with Gasteiger partial charge in [0.25, 0.3) is 0 Å². The van der Waals surface area contributed by atoms with Crippen LogP contribution in [0.25, 0.3) is 0 Å². The third-order valence-corrected chi connectivity index (χ3v) is 4.98. The number of carboxylic acids is 1. The van der Waals surface area contributed by atoms with Gasteiger partial charge in [-0.15, -0.1) is 0 Å². The van der Waals surface area contributed by atoms with Crippen molar-refractivity contribution in [2.24, 2.45) is 0 Å². The Morgan fingerprint density at radius 2 is 1.82 bits per heavy atom. The standard InChI is InChI=1S/C20H21ClN2O5/c1-27-17-9-12-7-8-23(20(26)22-14-5-3-13(21)4-6-14)16(11-19(24)25)15(12)10-18(17)28-2/h3-6,9-10,16H,7-8,11H2,1-2H3,(H,22,26)(H,24,25)/t16-/m1/s1. The van der Waals surface area contributed by atoms with E-state index in [1.54, 1.807) is 37.4 Å². The summed E-state index contributed by atoms with van der Waals surface area (Å²) in [6.07, 6.45) is 0.371. The molecule has 1 aliphatic heterocycles. The van der Waals surface area contributed by atoms with E-state index in [1.807, 2.05) is 6.07 Å². The maximum atomic E-state index is 12.9. The first-order valence-electron chi connectivity index (χ1n) is 8.72. The number of benzene rings is 2. The molecule has 1 atom stereocenters. The zero-order valence-corrected chi connectivity index (χ0v) is 16.3. The first-order valence-corrected chi connectivity index (χ1v) is 9.10. The molecule has 0 aromatic heterocycles. The van der Waals surface area contributed by atoms with Gasteiger partial charge in [-0.05, 0) is 53.9 Å². The second kappa shape index (κ2) is 8.39. The first-order chi connectivity index (χ1) is 13.4. The Morgan fingerprint density at radius 1 is 1.18 bits per heavy atom. The molecule has 0 fully saturated rings. The van der Waals surface area contributed by atoms with Gasteiger partial charge in [0.2, 0.25) is 0 Å². The highest BCUT2D eigenvalue weighted by molar-refractivity contribution is 6.30. The molecule has 28 heavy (non-hydrogen) atoms. The predicted octanol–water partition coefficient (Wildman–Crippen LogP) is 3.96. The molecule has 0 bridgehead atoms. The normalized spacial score (nSPS) is 15.5. The lowest BCUT2D eigenvalue weighted by Crippen LogP contribution is -2.43. The molecule has 148 valence electrons. The third-order valence-electron chi connectivity index (χ3n) is 4.73. The molecule has 2 aromatic carbocycles. The minimum Gasteiger partial charge on any atom is -0.493 e. The number of aliphatic carboxylic acids is 1. The largest absolute Gasteiger partial charge is 0.493 e. The summed E-state index contributed by atoms with van der Waals surface area (Å²) in [4.78, 5) is 25.9. The third kappa shape index (κ3) is 4.14. The molecule has 8 heteroatoms. The molecule has 0 saturated heterocycles. The van der Waals surface area contributed by atoms with E-state index in [2.05, 4.69) is 5.32 Å². The van der Waals surface area contributed by atoms with Crippen LogP contribution in [0.4, 0.5) is 10.5 Å². The number of fused-ring (bicyclic) bond motifs is 1. The van der Waals surface area contributed by atoms with E-state index in [9.17, 15) is 14.7 Å². The van der Waals surface area contributed by atoms with Crippen LogP contribution in [-0.2, 0) is 11.2 Å². The second-order valence-electron chi connectivity index (χ2n) is 6.40. The van der Waals surface area contributed by atoms with Crippen molar-refractivity contribution < 1.29 is 24.2 Å². The van der Waals surface area contributed by atoms with Crippen LogP contribution in [0.2, 0.25) is 5.02 Å². The lowest BCUT2D eigenvalue weighted by Gasteiger charge is -2.37. The first kappa shape index (κ1) is 19.8. The molecule has 2 amide bonds.